The van der Waals surface area contributed by atoms with Crippen molar-refractivity contribution in [3.8, 4) is 0 Å². The van der Waals surface area contributed by atoms with E-state index in [1.807, 2.05) is 30.3 Å². The average molecular weight is 299 g/mol. The average Bonchev–Trinajstić information content (AvgIpc) is 3.09. The second kappa shape index (κ2) is 5.33. The van der Waals surface area contributed by atoms with Crippen LogP contribution >= 0.6 is 0 Å². The number of hydrogen-bond acceptors (Lipinski definition) is 3. The number of aliphatic carboxylic acids is 1. The quantitative estimate of drug-likeness (QED) is 0.885. The van der Waals surface area contributed by atoms with E-state index in [-0.39, 0.29) is 12.5 Å². The standard InChI is InChI=1S/C17H17NO4/c1-17(16(20)21)8-9-18(11-17)15(19)7-6-13-10-12-4-2-3-5-14(12)22-13/h2-7,10H,8-9,11H2,1H3,(H,20,21)/b7-6+. The number of furan rings is 1. The summed E-state index contributed by atoms with van der Waals surface area (Å²) in [6.45, 7) is 2.38. The lowest BCUT2D eigenvalue weighted by Crippen LogP contribution is -2.34. The summed E-state index contributed by atoms with van der Waals surface area (Å²) in [7, 11) is 0. The zero-order chi connectivity index (χ0) is 15.7. The Labute approximate surface area is 127 Å². The Morgan fingerprint density at radius 1 is 1.36 bits per heavy atom. The Balaban J connectivity index is 1.70. The van der Waals surface area contributed by atoms with Crippen LogP contribution in [0.4, 0.5) is 0 Å². The summed E-state index contributed by atoms with van der Waals surface area (Å²) < 4.78 is 5.61. The molecular formula is C17H17NO4. The van der Waals surface area contributed by atoms with Gasteiger partial charge in [-0.05, 0) is 31.6 Å². The number of nitrogens with zero attached hydrogens (tertiary/aromatic N) is 1. The number of carboxylic acids is 1. The number of benzene rings is 1. The molecule has 1 aromatic carbocycles. The third-order valence-corrected chi connectivity index (χ3v) is 4.14. The molecule has 1 N–H and O–H groups in total. The molecule has 1 amide bonds. The molecule has 1 aromatic heterocycles. The van der Waals surface area contributed by atoms with Crippen molar-refractivity contribution in [3.05, 3.63) is 42.2 Å². The van der Waals surface area contributed by atoms with Crippen LogP contribution in [0.1, 0.15) is 19.1 Å². The van der Waals surface area contributed by atoms with Crippen LogP contribution in [0.3, 0.4) is 0 Å². The van der Waals surface area contributed by atoms with Crippen molar-refractivity contribution in [2.45, 2.75) is 13.3 Å². The van der Waals surface area contributed by atoms with Gasteiger partial charge in [0.1, 0.15) is 11.3 Å². The van der Waals surface area contributed by atoms with Crippen molar-refractivity contribution in [1.82, 2.24) is 4.90 Å². The van der Waals surface area contributed by atoms with Crippen LogP contribution in [0, 0.1) is 5.41 Å². The molecule has 5 nitrogen and oxygen atoms in total. The molecule has 1 aliphatic rings. The summed E-state index contributed by atoms with van der Waals surface area (Å²) >= 11 is 0. The molecule has 1 unspecified atom stereocenters. The Morgan fingerprint density at radius 2 is 2.14 bits per heavy atom. The highest BCUT2D eigenvalue weighted by molar-refractivity contribution is 5.93. The summed E-state index contributed by atoms with van der Waals surface area (Å²) in [5.41, 5.74) is -0.0720. The maximum absolute atomic E-state index is 12.1. The summed E-state index contributed by atoms with van der Waals surface area (Å²) in [4.78, 5) is 24.9. The van der Waals surface area contributed by atoms with Gasteiger partial charge in [0, 0.05) is 24.6 Å². The molecule has 0 spiro atoms. The van der Waals surface area contributed by atoms with Gasteiger partial charge < -0.3 is 14.4 Å². The molecule has 2 aromatic rings. The van der Waals surface area contributed by atoms with E-state index in [1.54, 1.807) is 17.9 Å². The number of carbonyl (C=O) groups is 2. The normalized spacial score (nSPS) is 21.8. The predicted molar refractivity (Wildman–Crippen MR) is 82.2 cm³/mol. The zero-order valence-electron chi connectivity index (χ0n) is 12.3. The Kier molecular flexibility index (Phi) is 3.48. The zero-order valence-corrected chi connectivity index (χ0v) is 12.3. The van der Waals surface area contributed by atoms with Gasteiger partial charge in [0.25, 0.3) is 0 Å². The van der Waals surface area contributed by atoms with Crippen molar-refractivity contribution in [3.63, 3.8) is 0 Å². The second-order valence-electron chi connectivity index (χ2n) is 5.90. The van der Waals surface area contributed by atoms with Gasteiger partial charge >= 0.3 is 5.97 Å². The van der Waals surface area contributed by atoms with Gasteiger partial charge in [-0.2, -0.15) is 0 Å². The minimum absolute atomic E-state index is 0.189. The number of amides is 1. The van der Waals surface area contributed by atoms with Gasteiger partial charge in [-0.15, -0.1) is 0 Å². The van der Waals surface area contributed by atoms with E-state index in [0.717, 1.165) is 11.0 Å². The van der Waals surface area contributed by atoms with E-state index < -0.39 is 11.4 Å². The molecule has 1 saturated heterocycles. The highest BCUT2D eigenvalue weighted by Gasteiger charge is 2.41. The Bertz CT molecular complexity index is 728. The molecular weight excluding hydrogens is 282 g/mol. The first-order valence-electron chi connectivity index (χ1n) is 7.17. The van der Waals surface area contributed by atoms with Crippen molar-refractivity contribution < 1.29 is 19.1 Å². The summed E-state index contributed by atoms with van der Waals surface area (Å²) in [6, 6.07) is 9.49. The van der Waals surface area contributed by atoms with Crippen LogP contribution in [0.25, 0.3) is 17.0 Å². The highest BCUT2D eigenvalue weighted by atomic mass is 16.4. The van der Waals surface area contributed by atoms with E-state index in [9.17, 15) is 14.7 Å². The van der Waals surface area contributed by atoms with Gasteiger partial charge in [0.2, 0.25) is 5.91 Å². The van der Waals surface area contributed by atoms with E-state index in [1.165, 1.54) is 6.08 Å². The van der Waals surface area contributed by atoms with Gasteiger partial charge in [-0.25, -0.2) is 0 Å². The third kappa shape index (κ3) is 2.62. The summed E-state index contributed by atoms with van der Waals surface area (Å²) in [5, 5.41) is 10.2. The summed E-state index contributed by atoms with van der Waals surface area (Å²) in [6.07, 6.45) is 3.54. The highest BCUT2D eigenvalue weighted by Crippen LogP contribution is 2.30. The van der Waals surface area contributed by atoms with Crippen LogP contribution in [0.15, 0.2) is 40.8 Å². The van der Waals surface area contributed by atoms with E-state index in [4.69, 9.17) is 4.42 Å². The fourth-order valence-corrected chi connectivity index (χ4v) is 2.67. The van der Waals surface area contributed by atoms with Gasteiger partial charge in [-0.1, -0.05) is 18.2 Å². The monoisotopic (exact) mass is 299 g/mol. The van der Waals surface area contributed by atoms with Gasteiger partial charge in [0.05, 0.1) is 5.41 Å². The molecule has 22 heavy (non-hydrogen) atoms. The minimum atomic E-state index is -0.857. The lowest BCUT2D eigenvalue weighted by Gasteiger charge is -2.18. The molecule has 2 heterocycles. The maximum Gasteiger partial charge on any atom is 0.311 e. The Morgan fingerprint density at radius 3 is 2.82 bits per heavy atom. The first kappa shape index (κ1) is 14.4. The first-order valence-corrected chi connectivity index (χ1v) is 7.17. The fourth-order valence-electron chi connectivity index (χ4n) is 2.67. The summed E-state index contributed by atoms with van der Waals surface area (Å²) in [5.74, 6) is -0.441. The molecule has 1 fully saturated rings. The number of carboxylic acid groups (broad SMARTS) is 1. The van der Waals surface area contributed by atoms with Crippen LogP contribution in [-0.2, 0) is 9.59 Å². The molecule has 0 bridgehead atoms. The largest absolute Gasteiger partial charge is 0.481 e. The van der Waals surface area contributed by atoms with E-state index >= 15 is 0 Å². The molecule has 114 valence electrons. The predicted octanol–water partition coefficient (Wildman–Crippen LogP) is 2.77. The topological polar surface area (TPSA) is 70.8 Å². The van der Waals surface area contributed by atoms with E-state index in [0.29, 0.717) is 18.7 Å². The SMILES string of the molecule is CC1(C(=O)O)CCN(C(=O)/C=C/c2cc3ccccc3o2)C1. The molecule has 0 saturated carbocycles. The number of likely N-dealkylation sites (tertiary alicyclic amines) is 1. The fraction of sp³-hybridized carbons (Fsp3) is 0.294. The molecule has 0 aliphatic carbocycles. The van der Waals surface area contributed by atoms with Crippen LogP contribution < -0.4 is 0 Å². The van der Waals surface area contributed by atoms with Gasteiger partial charge in [0.15, 0.2) is 0 Å². The van der Waals surface area contributed by atoms with Crippen molar-refractivity contribution >= 4 is 28.9 Å². The minimum Gasteiger partial charge on any atom is -0.481 e. The lowest BCUT2D eigenvalue weighted by molar-refractivity contribution is -0.147. The van der Waals surface area contributed by atoms with Crippen molar-refractivity contribution in [2.75, 3.05) is 13.1 Å². The molecule has 3 rings (SSSR count). The second-order valence-corrected chi connectivity index (χ2v) is 5.90. The maximum atomic E-state index is 12.1. The smallest absolute Gasteiger partial charge is 0.311 e. The Hall–Kier alpha value is -2.56. The first-order chi connectivity index (χ1) is 10.5. The van der Waals surface area contributed by atoms with Crippen molar-refractivity contribution in [2.24, 2.45) is 5.41 Å². The lowest BCUT2D eigenvalue weighted by atomic mass is 9.90. The van der Waals surface area contributed by atoms with Gasteiger partial charge in [-0.3, -0.25) is 9.59 Å². The number of hydrogen-bond donors (Lipinski definition) is 1. The number of rotatable bonds is 3. The third-order valence-electron chi connectivity index (χ3n) is 4.14. The molecule has 0 radical (unpaired) electrons. The number of para-hydroxylation sites is 1. The molecule has 5 heteroatoms. The molecule has 1 aliphatic heterocycles. The van der Waals surface area contributed by atoms with Crippen LogP contribution in [0.5, 0.6) is 0 Å². The van der Waals surface area contributed by atoms with E-state index in [2.05, 4.69) is 0 Å². The van der Waals surface area contributed by atoms with Crippen molar-refractivity contribution in [1.29, 1.82) is 0 Å². The number of carbonyl (C=O) groups excluding carboxylic acids is 1. The van der Waals surface area contributed by atoms with Crippen LogP contribution in [-0.4, -0.2) is 35.0 Å². The number of fused-ring (bicyclic) bond motifs is 1. The molecule has 1 atom stereocenters. The van der Waals surface area contributed by atoms with Crippen LogP contribution in [0.2, 0.25) is 0 Å².